The summed E-state index contributed by atoms with van der Waals surface area (Å²) in [5.74, 6) is -1.26. The van der Waals surface area contributed by atoms with Gasteiger partial charge in [-0.25, -0.2) is 9.80 Å². The SMILES string of the molecule is CC(N)/C(=N\N(C=O)c1ccc(S)cc1)C(=O)O. The van der Waals surface area contributed by atoms with E-state index in [0.29, 0.717) is 12.1 Å². The van der Waals surface area contributed by atoms with Gasteiger partial charge in [-0.05, 0) is 31.2 Å². The van der Waals surface area contributed by atoms with Crippen LogP contribution in [0.1, 0.15) is 6.92 Å². The van der Waals surface area contributed by atoms with E-state index in [4.69, 9.17) is 10.8 Å². The van der Waals surface area contributed by atoms with Crippen LogP contribution in [0, 0.1) is 0 Å². The highest BCUT2D eigenvalue weighted by Crippen LogP contribution is 2.16. The van der Waals surface area contributed by atoms with Crippen molar-refractivity contribution in [2.45, 2.75) is 17.9 Å². The summed E-state index contributed by atoms with van der Waals surface area (Å²) in [7, 11) is 0. The maximum Gasteiger partial charge on any atom is 0.353 e. The second-order valence-corrected chi connectivity index (χ2v) is 4.06. The second kappa shape index (κ2) is 6.18. The molecule has 1 aromatic carbocycles. The summed E-state index contributed by atoms with van der Waals surface area (Å²) in [6.07, 6.45) is 0.416. The summed E-state index contributed by atoms with van der Waals surface area (Å²) in [6, 6.07) is 5.74. The van der Waals surface area contributed by atoms with Crippen molar-refractivity contribution in [3.8, 4) is 0 Å². The number of thiol groups is 1. The van der Waals surface area contributed by atoms with Crippen molar-refractivity contribution in [2.75, 3.05) is 5.01 Å². The van der Waals surface area contributed by atoms with Crippen LogP contribution in [-0.2, 0) is 9.59 Å². The van der Waals surface area contributed by atoms with Crippen LogP contribution in [0.5, 0.6) is 0 Å². The number of hydrogen-bond acceptors (Lipinski definition) is 5. The molecule has 0 spiro atoms. The van der Waals surface area contributed by atoms with Gasteiger partial charge in [-0.1, -0.05) is 0 Å². The van der Waals surface area contributed by atoms with Crippen LogP contribution in [-0.4, -0.2) is 29.2 Å². The van der Waals surface area contributed by atoms with Crippen molar-refractivity contribution in [2.24, 2.45) is 10.8 Å². The van der Waals surface area contributed by atoms with Gasteiger partial charge in [0.2, 0.25) is 6.41 Å². The fraction of sp³-hybridized carbons (Fsp3) is 0.182. The quantitative estimate of drug-likeness (QED) is 0.317. The van der Waals surface area contributed by atoms with Crippen LogP contribution >= 0.6 is 12.6 Å². The third-order valence-corrected chi connectivity index (χ3v) is 2.38. The maximum absolute atomic E-state index is 10.9. The number of carboxylic acid groups (broad SMARTS) is 1. The zero-order chi connectivity index (χ0) is 13.7. The Labute approximate surface area is 109 Å². The van der Waals surface area contributed by atoms with Crippen molar-refractivity contribution >= 4 is 36.4 Å². The number of anilines is 1. The van der Waals surface area contributed by atoms with Crippen molar-refractivity contribution < 1.29 is 14.7 Å². The van der Waals surface area contributed by atoms with E-state index in [1.807, 2.05) is 0 Å². The molecule has 1 rings (SSSR count). The number of carbonyl (C=O) groups is 2. The molecule has 18 heavy (non-hydrogen) atoms. The molecule has 1 atom stereocenters. The first-order valence-corrected chi connectivity index (χ1v) is 5.51. The smallest absolute Gasteiger partial charge is 0.353 e. The minimum absolute atomic E-state index is 0.294. The van der Waals surface area contributed by atoms with Crippen molar-refractivity contribution in [1.82, 2.24) is 0 Å². The van der Waals surface area contributed by atoms with Crippen LogP contribution in [0.3, 0.4) is 0 Å². The first-order chi connectivity index (χ1) is 8.45. The van der Waals surface area contributed by atoms with Gasteiger partial charge in [-0.2, -0.15) is 5.10 Å². The maximum atomic E-state index is 10.9. The molecule has 0 aliphatic heterocycles. The van der Waals surface area contributed by atoms with Crippen LogP contribution in [0.4, 0.5) is 5.69 Å². The van der Waals surface area contributed by atoms with Crippen LogP contribution in [0.25, 0.3) is 0 Å². The van der Waals surface area contributed by atoms with Crippen LogP contribution in [0.15, 0.2) is 34.3 Å². The molecule has 0 saturated heterocycles. The Balaban J connectivity index is 3.10. The van der Waals surface area contributed by atoms with E-state index in [2.05, 4.69) is 17.7 Å². The number of hydrogen-bond donors (Lipinski definition) is 3. The molecule has 1 amide bonds. The second-order valence-electron chi connectivity index (χ2n) is 3.55. The third-order valence-electron chi connectivity index (χ3n) is 2.08. The Bertz CT molecular complexity index is 471. The molecular weight excluding hydrogens is 254 g/mol. The molecule has 0 radical (unpaired) electrons. The standard InChI is InChI=1S/C11H13N3O3S/c1-7(12)10(11(16)17)13-14(6-15)8-2-4-9(18)5-3-8/h2-7,18H,12H2,1H3,(H,16,17)/b13-10+. The number of nitrogens with zero attached hydrogens (tertiary/aromatic N) is 2. The lowest BCUT2D eigenvalue weighted by Crippen LogP contribution is -2.35. The molecule has 0 bridgehead atoms. The molecule has 1 unspecified atom stereocenters. The minimum Gasteiger partial charge on any atom is -0.477 e. The molecule has 3 N–H and O–H groups in total. The number of carbonyl (C=O) groups excluding carboxylic acids is 1. The van der Waals surface area contributed by atoms with Gasteiger partial charge < -0.3 is 10.8 Å². The Morgan fingerprint density at radius 2 is 2.06 bits per heavy atom. The number of hydrazone groups is 1. The van der Waals surface area contributed by atoms with Gasteiger partial charge in [0.05, 0.1) is 11.7 Å². The Hall–Kier alpha value is -1.86. The highest BCUT2D eigenvalue weighted by molar-refractivity contribution is 7.80. The van der Waals surface area contributed by atoms with Crippen molar-refractivity contribution in [3.63, 3.8) is 0 Å². The molecule has 0 aliphatic carbocycles. The monoisotopic (exact) mass is 267 g/mol. The predicted octanol–water partition coefficient (Wildman–Crippen LogP) is 0.726. The summed E-state index contributed by atoms with van der Waals surface area (Å²) < 4.78 is 0. The minimum atomic E-state index is -1.26. The summed E-state index contributed by atoms with van der Waals surface area (Å²) >= 11 is 4.11. The molecule has 0 aliphatic rings. The predicted molar refractivity (Wildman–Crippen MR) is 71.0 cm³/mol. The molecule has 7 heteroatoms. The molecule has 0 heterocycles. The van der Waals surface area contributed by atoms with Gasteiger partial charge in [0.1, 0.15) is 0 Å². The van der Waals surface area contributed by atoms with E-state index in [1.165, 1.54) is 6.92 Å². The van der Waals surface area contributed by atoms with Gasteiger partial charge >= 0.3 is 5.97 Å². The summed E-state index contributed by atoms with van der Waals surface area (Å²) in [6.45, 7) is 1.48. The normalized spacial score (nSPS) is 12.9. The molecule has 0 aromatic heterocycles. The van der Waals surface area contributed by atoms with E-state index < -0.39 is 12.0 Å². The number of rotatable bonds is 5. The lowest BCUT2D eigenvalue weighted by molar-refractivity contribution is -0.129. The first kappa shape index (κ1) is 14.2. The fourth-order valence-corrected chi connectivity index (χ4v) is 1.34. The van der Waals surface area contributed by atoms with Crippen molar-refractivity contribution in [1.29, 1.82) is 0 Å². The van der Waals surface area contributed by atoms with E-state index in [9.17, 15) is 9.59 Å². The van der Waals surface area contributed by atoms with Gasteiger partial charge in [0.15, 0.2) is 5.71 Å². The van der Waals surface area contributed by atoms with Gasteiger partial charge in [0.25, 0.3) is 0 Å². The zero-order valence-corrected chi connectivity index (χ0v) is 10.5. The van der Waals surface area contributed by atoms with E-state index in [1.54, 1.807) is 24.3 Å². The summed E-state index contributed by atoms with van der Waals surface area (Å²) in [4.78, 5) is 22.6. The number of benzene rings is 1. The Morgan fingerprint density at radius 1 is 1.50 bits per heavy atom. The Morgan fingerprint density at radius 3 is 2.44 bits per heavy atom. The molecule has 96 valence electrons. The average molecular weight is 267 g/mol. The number of nitrogens with two attached hydrogens (primary N) is 1. The molecule has 0 saturated carbocycles. The van der Waals surface area contributed by atoms with Gasteiger partial charge in [0, 0.05) is 4.90 Å². The van der Waals surface area contributed by atoms with E-state index in [-0.39, 0.29) is 5.71 Å². The molecule has 0 fully saturated rings. The zero-order valence-electron chi connectivity index (χ0n) is 9.65. The van der Waals surface area contributed by atoms with Crippen LogP contribution < -0.4 is 10.7 Å². The average Bonchev–Trinajstić information content (AvgIpc) is 2.31. The topological polar surface area (TPSA) is 96.0 Å². The lowest BCUT2D eigenvalue weighted by Gasteiger charge is -2.14. The number of aliphatic carboxylic acids is 1. The van der Waals surface area contributed by atoms with Gasteiger partial charge in [-0.15, -0.1) is 12.6 Å². The highest BCUT2D eigenvalue weighted by Gasteiger charge is 2.17. The highest BCUT2D eigenvalue weighted by atomic mass is 32.1. The third kappa shape index (κ3) is 3.57. The number of amides is 1. The van der Waals surface area contributed by atoms with Crippen LogP contribution in [0.2, 0.25) is 0 Å². The molecule has 6 nitrogen and oxygen atoms in total. The largest absolute Gasteiger partial charge is 0.477 e. The Kier molecular flexibility index (Phi) is 4.87. The van der Waals surface area contributed by atoms with E-state index >= 15 is 0 Å². The number of carboxylic acids is 1. The van der Waals surface area contributed by atoms with Crippen molar-refractivity contribution in [3.05, 3.63) is 24.3 Å². The first-order valence-electron chi connectivity index (χ1n) is 5.06. The lowest BCUT2D eigenvalue weighted by atomic mass is 10.2. The summed E-state index contributed by atoms with van der Waals surface area (Å²) in [5.41, 5.74) is 5.61. The molecule has 1 aromatic rings. The van der Waals surface area contributed by atoms with Gasteiger partial charge in [-0.3, -0.25) is 4.79 Å². The summed E-state index contributed by atoms with van der Waals surface area (Å²) in [5, 5.41) is 13.6. The molecular formula is C11H13N3O3S. The van der Waals surface area contributed by atoms with E-state index in [0.717, 1.165) is 9.90 Å². The fourth-order valence-electron chi connectivity index (χ4n) is 1.19.